The molecule has 2 heterocycles. The van der Waals surface area contributed by atoms with E-state index in [1.807, 2.05) is 66.7 Å². The van der Waals surface area contributed by atoms with E-state index in [4.69, 9.17) is 14.2 Å². The number of amides is 1. The highest BCUT2D eigenvalue weighted by atomic mass is 16.6. The molecule has 2 aliphatic heterocycles. The summed E-state index contributed by atoms with van der Waals surface area (Å²) in [6.45, 7) is 6.32. The third-order valence-corrected chi connectivity index (χ3v) is 6.56. The third kappa shape index (κ3) is 6.36. The minimum Gasteiger partial charge on any atom is -0.489 e. The number of carbonyl (C=O) groups is 1. The summed E-state index contributed by atoms with van der Waals surface area (Å²) in [6, 6.07) is 23.5. The summed E-state index contributed by atoms with van der Waals surface area (Å²) in [6.07, 6.45) is -0.278. The molecule has 7 heteroatoms. The Morgan fingerprint density at radius 1 is 0.944 bits per heavy atom. The van der Waals surface area contributed by atoms with Gasteiger partial charge in [0.25, 0.3) is 5.91 Å². The maximum Gasteiger partial charge on any atom is 0.251 e. The first-order valence-corrected chi connectivity index (χ1v) is 12.5. The van der Waals surface area contributed by atoms with Gasteiger partial charge in [0.2, 0.25) is 0 Å². The number of rotatable bonds is 8. The van der Waals surface area contributed by atoms with E-state index in [2.05, 4.69) is 28.2 Å². The smallest absolute Gasteiger partial charge is 0.251 e. The fourth-order valence-electron chi connectivity index (χ4n) is 4.41. The molecule has 2 aliphatic rings. The van der Waals surface area contributed by atoms with E-state index < -0.39 is 0 Å². The average Bonchev–Trinajstić information content (AvgIpc) is 2.92. The quantitative estimate of drug-likeness (QED) is 0.524. The summed E-state index contributed by atoms with van der Waals surface area (Å²) in [7, 11) is 2.15. The van der Waals surface area contributed by atoms with Crippen molar-refractivity contribution in [3.8, 4) is 17.2 Å². The number of hydrogen-bond donors (Lipinski definition) is 1. The Labute approximate surface area is 212 Å². The lowest BCUT2D eigenvalue weighted by Crippen LogP contribution is -2.43. The minimum atomic E-state index is -0.278. The van der Waals surface area contributed by atoms with Crippen molar-refractivity contribution >= 4 is 5.91 Å². The summed E-state index contributed by atoms with van der Waals surface area (Å²) < 4.78 is 17.9. The van der Waals surface area contributed by atoms with Crippen LogP contribution < -0.4 is 19.5 Å². The number of benzene rings is 3. The van der Waals surface area contributed by atoms with Crippen molar-refractivity contribution in [1.82, 2.24) is 15.1 Å². The van der Waals surface area contributed by atoms with Crippen LogP contribution in [-0.2, 0) is 13.2 Å². The van der Waals surface area contributed by atoms with Crippen LogP contribution >= 0.6 is 0 Å². The Morgan fingerprint density at radius 3 is 2.58 bits per heavy atom. The highest BCUT2D eigenvalue weighted by molar-refractivity contribution is 5.94. The van der Waals surface area contributed by atoms with Crippen molar-refractivity contribution in [3.63, 3.8) is 0 Å². The lowest BCUT2D eigenvalue weighted by atomic mass is 10.1. The number of likely N-dealkylation sites (N-methyl/N-ethyl adjacent to an activating group) is 1. The van der Waals surface area contributed by atoms with E-state index in [0.29, 0.717) is 42.6 Å². The van der Waals surface area contributed by atoms with Crippen LogP contribution in [0.25, 0.3) is 0 Å². The molecule has 0 spiro atoms. The molecule has 0 saturated carbocycles. The molecule has 1 fully saturated rings. The Bertz CT molecular complexity index is 1160. The number of fused-ring (bicyclic) bond motifs is 1. The number of ether oxygens (including phenoxy) is 3. The zero-order chi connectivity index (χ0) is 24.7. The van der Waals surface area contributed by atoms with E-state index in [1.165, 1.54) is 0 Å². The summed E-state index contributed by atoms with van der Waals surface area (Å²) >= 11 is 0. The predicted octanol–water partition coefficient (Wildman–Crippen LogP) is 3.58. The second kappa shape index (κ2) is 11.5. The lowest BCUT2D eigenvalue weighted by molar-refractivity contribution is 0.0786. The lowest BCUT2D eigenvalue weighted by Gasteiger charge is -2.32. The molecule has 5 rings (SSSR count). The van der Waals surface area contributed by atoms with E-state index >= 15 is 0 Å². The van der Waals surface area contributed by atoms with Gasteiger partial charge in [0.15, 0.2) is 11.5 Å². The van der Waals surface area contributed by atoms with Crippen molar-refractivity contribution in [2.45, 2.75) is 19.3 Å². The first-order valence-electron chi connectivity index (χ1n) is 12.5. The number of hydrogen-bond acceptors (Lipinski definition) is 6. The Hall–Kier alpha value is -3.55. The standard InChI is InChI=1S/C29H33N3O4/c1-31-12-14-32(15-13-31)19-23-8-5-9-24(16-23)29(33)30-18-26-21-35-27-11-10-25(17-28(27)36-26)34-20-22-6-3-2-4-7-22/h2-11,16-17,26H,12-15,18-21H2,1H3,(H,30,33). The van der Waals surface area contributed by atoms with Gasteiger partial charge >= 0.3 is 0 Å². The zero-order valence-corrected chi connectivity index (χ0v) is 20.7. The van der Waals surface area contributed by atoms with E-state index in [0.717, 1.165) is 43.9 Å². The van der Waals surface area contributed by atoms with Crippen LogP contribution in [0.5, 0.6) is 17.2 Å². The van der Waals surface area contributed by atoms with E-state index in [1.54, 1.807) is 0 Å². The maximum atomic E-state index is 12.8. The Balaban J connectivity index is 1.13. The van der Waals surface area contributed by atoms with Gasteiger partial charge in [-0.15, -0.1) is 0 Å². The van der Waals surface area contributed by atoms with Crippen LogP contribution in [0.2, 0.25) is 0 Å². The van der Waals surface area contributed by atoms with Gasteiger partial charge in [-0.25, -0.2) is 0 Å². The van der Waals surface area contributed by atoms with Crippen LogP contribution in [0.15, 0.2) is 72.8 Å². The fraction of sp³-hybridized carbons (Fsp3) is 0.345. The molecule has 3 aromatic rings. The molecule has 1 unspecified atom stereocenters. The minimum absolute atomic E-state index is 0.107. The third-order valence-electron chi connectivity index (χ3n) is 6.56. The van der Waals surface area contributed by atoms with Gasteiger partial charge in [0.1, 0.15) is 25.1 Å². The van der Waals surface area contributed by atoms with Crippen molar-refractivity contribution in [2.24, 2.45) is 0 Å². The van der Waals surface area contributed by atoms with Crippen LogP contribution in [0.3, 0.4) is 0 Å². The topological polar surface area (TPSA) is 63.3 Å². The molecule has 0 bridgehead atoms. The monoisotopic (exact) mass is 487 g/mol. The van der Waals surface area contributed by atoms with Gasteiger partial charge in [-0.2, -0.15) is 0 Å². The van der Waals surface area contributed by atoms with Gasteiger partial charge < -0.3 is 24.4 Å². The van der Waals surface area contributed by atoms with Crippen LogP contribution in [0.1, 0.15) is 21.5 Å². The molecule has 0 aromatic heterocycles. The van der Waals surface area contributed by atoms with Crippen molar-refractivity contribution in [3.05, 3.63) is 89.5 Å². The van der Waals surface area contributed by atoms with Crippen LogP contribution in [0, 0.1) is 0 Å². The van der Waals surface area contributed by atoms with Crippen molar-refractivity contribution in [1.29, 1.82) is 0 Å². The van der Waals surface area contributed by atoms with Gasteiger partial charge in [0.05, 0.1) is 6.54 Å². The molecular weight excluding hydrogens is 454 g/mol. The molecule has 0 aliphatic carbocycles. The molecule has 1 atom stereocenters. The van der Waals surface area contributed by atoms with Crippen LogP contribution in [0.4, 0.5) is 0 Å². The number of nitrogens with one attached hydrogen (secondary N) is 1. The van der Waals surface area contributed by atoms with E-state index in [9.17, 15) is 4.79 Å². The Morgan fingerprint density at radius 2 is 1.75 bits per heavy atom. The largest absolute Gasteiger partial charge is 0.489 e. The summed E-state index contributed by atoms with van der Waals surface area (Å²) in [5, 5.41) is 3.00. The van der Waals surface area contributed by atoms with Gasteiger partial charge in [0, 0.05) is 44.4 Å². The summed E-state index contributed by atoms with van der Waals surface area (Å²) in [4.78, 5) is 17.6. The number of nitrogens with zero attached hydrogens (tertiary/aromatic N) is 2. The molecule has 188 valence electrons. The summed E-state index contributed by atoms with van der Waals surface area (Å²) in [5.41, 5.74) is 2.91. The fourth-order valence-corrected chi connectivity index (χ4v) is 4.41. The normalized spacial score (nSPS) is 18.0. The Kier molecular flexibility index (Phi) is 7.69. The molecule has 1 N–H and O–H groups in total. The molecule has 7 nitrogen and oxygen atoms in total. The highest BCUT2D eigenvalue weighted by Crippen LogP contribution is 2.35. The van der Waals surface area contributed by atoms with Crippen molar-refractivity contribution < 1.29 is 19.0 Å². The maximum absolute atomic E-state index is 12.8. The second-order valence-corrected chi connectivity index (χ2v) is 9.42. The predicted molar refractivity (Wildman–Crippen MR) is 139 cm³/mol. The first-order chi connectivity index (χ1) is 17.6. The second-order valence-electron chi connectivity index (χ2n) is 9.42. The molecule has 36 heavy (non-hydrogen) atoms. The average molecular weight is 488 g/mol. The molecule has 3 aromatic carbocycles. The van der Waals surface area contributed by atoms with E-state index in [-0.39, 0.29) is 12.0 Å². The molecular formula is C29H33N3O4. The number of carbonyl (C=O) groups excluding carboxylic acids is 1. The molecule has 1 amide bonds. The molecule has 0 radical (unpaired) electrons. The zero-order valence-electron chi connectivity index (χ0n) is 20.7. The SMILES string of the molecule is CN1CCN(Cc2cccc(C(=O)NCC3COc4ccc(OCc5ccccc5)cc4O3)c2)CC1. The van der Waals surface area contributed by atoms with Crippen molar-refractivity contribution in [2.75, 3.05) is 46.4 Å². The highest BCUT2D eigenvalue weighted by Gasteiger charge is 2.23. The van der Waals surface area contributed by atoms with Gasteiger partial charge in [-0.3, -0.25) is 9.69 Å². The molecule has 1 saturated heterocycles. The van der Waals surface area contributed by atoms with Gasteiger partial charge in [-0.05, 0) is 42.4 Å². The number of piperazine rings is 1. The summed E-state index contributed by atoms with van der Waals surface area (Å²) in [5.74, 6) is 1.91. The van der Waals surface area contributed by atoms with Crippen LogP contribution in [-0.4, -0.2) is 68.2 Å². The van der Waals surface area contributed by atoms with Gasteiger partial charge in [-0.1, -0.05) is 42.5 Å². The first kappa shape index (κ1) is 24.2.